The van der Waals surface area contributed by atoms with Crippen LogP contribution in [0, 0.1) is 0 Å². The number of carbonyl (C=O) groups excluding carboxylic acids is 1. The lowest BCUT2D eigenvalue weighted by Gasteiger charge is -2.07. The Balaban J connectivity index is 2.44. The second kappa shape index (κ2) is 6.16. The van der Waals surface area contributed by atoms with E-state index in [1.165, 1.54) is 0 Å². The Bertz CT molecular complexity index is 284. The predicted molar refractivity (Wildman–Crippen MR) is 53.3 cm³/mol. The van der Waals surface area contributed by atoms with Crippen molar-refractivity contribution in [3.8, 4) is 5.75 Å². The van der Waals surface area contributed by atoms with E-state index in [2.05, 4.69) is 0 Å². The lowest BCUT2D eigenvalue weighted by Crippen LogP contribution is -1.98. The molecule has 1 aromatic carbocycles. The molecule has 0 bridgehead atoms. The van der Waals surface area contributed by atoms with E-state index in [0.29, 0.717) is 19.6 Å². The summed E-state index contributed by atoms with van der Waals surface area (Å²) in [6.45, 7) is 0.944. The maximum absolute atomic E-state index is 10.0. The molecule has 0 aliphatic rings. The van der Waals surface area contributed by atoms with Crippen LogP contribution in [-0.2, 0) is 16.1 Å². The van der Waals surface area contributed by atoms with Crippen molar-refractivity contribution in [1.29, 1.82) is 0 Å². The van der Waals surface area contributed by atoms with Crippen molar-refractivity contribution < 1.29 is 14.3 Å². The number of carbonyl (C=O) groups is 1. The van der Waals surface area contributed by atoms with E-state index in [0.717, 1.165) is 17.6 Å². The van der Waals surface area contributed by atoms with Crippen molar-refractivity contribution in [2.24, 2.45) is 0 Å². The summed E-state index contributed by atoms with van der Waals surface area (Å²) in [5.41, 5.74) is 1.00. The molecular weight excluding hydrogens is 180 g/mol. The van der Waals surface area contributed by atoms with Gasteiger partial charge in [-0.2, -0.15) is 0 Å². The molecule has 0 atom stereocenters. The highest BCUT2D eigenvalue weighted by Gasteiger charge is 2.00. The number of hydrogen-bond donors (Lipinski definition) is 0. The van der Waals surface area contributed by atoms with Crippen molar-refractivity contribution in [2.75, 3.05) is 13.7 Å². The Morgan fingerprint density at radius 1 is 1.36 bits per heavy atom. The molecule has 0 aromatic heterocycles. The number of methoxy groups -OCH3 is 1. The van der Waals surface area contributed by atoms with Crippen LogP contribution in [0.25, 0.3) is 0 Å². The summed E-state index contributed by atoms with van der Waals surface area (Å²) in [6, 6.07) is 7.67. The molecule has 0 spiro atoms. The Hall–Kier alpha value is -1.35. The van der Waals surface area contributed by atoms with Crippen LogP contribution in [0.15, 0.2) is 24.3 Å². The fourth-order valence-electron chi connectivity index (χ4n) is 1.14. The number of aldehydes is 1. The maximum Gasteiger partial charge on any atom is 0.124 e. The lowest BCUT2D eigenvalue weighted by atomic mass is 10.2. The molecule has 0 fully saturated rings. The maximum atomic E-state index is 10.0. The Morgan fingerprint density at radius 2 is 2.14 bits per heavy atom. The minimum atomic E-state index is 0.440. The Kier molecular flexibility index (Phi) is 4.72. The van der Waals surface area contributed by atoms with Crippen molar-refractivity contribution in [3.05, 3.63) is 29.8 Å². The van der Waals surface area contributed by atoms with E-state index in [1.807, 2.05) is 24.3 Å². The van der Waals surface area contributed by atoms with E-state index in [1.54, 1.807) is 7.11 Å². The topological polar surface area (TPSA) is 35.5 Å². The quantitative estimate of drug-likeness (QED) is 0.511. The molecule has 0 amide bonds. The third kappa shape index (κ3) is 3.18. The fourth-order valence-corrected chi connectivity index (χ4v) is 1.14. The van der Waals surface area contributed by atoms with Gasteiger partial charge in [0.1, 0.15) is 12.0 Å². The average Bonchev–Trinajstić information content (AvgIpc) is 2.25. The third-order valence-corrected chi connectivity index (χ3v) is 1.83. The smallest absolute Gasteiger partial charge is 0.124 e. The SMILES string of the molecule is COc1ccccc1COCCC=O. The van der Waals surface area contributed by atoms with Gasteiger partial charge in [0.05, 0.1) is 20.3 Å². The van der Waals surface area contributed by atoms with Crippen molar-refractivity contribution in [3.63, 3.8) is 0 Å². The highest BCUT2D eigenvalue weighted by Crippen LogP contribution is 2.17. The summed E-state index contributed by atoms with van der Waals surface area (Å²) in [4.78, 5) is 10.0. The zero-order valence-electron chi connectivity index (χ0n) is 8.23. The van der Waals surface area contributed by atoms with Crippen LogP contribution in [0.1, 0.15) is 12.0 Å². The summed E-state index contributed by atoms with van der Waals surface area (Å²) >= 11 is 0. The Morgan fingerprint density at radius 3 is 2.86 bits per heavy atom. The van der Waals surface area contributed by atoms with Gasteiger partial charge in [-0.3, -0.25) is 0 Å². The predicted octanol–water partition coefficient (Wildman–Crippen LogP) is 1.80. The molecule has 0 aliphatic heterocycles. The van der Waals surface area contributed by atoms with Gasteiger partial charge in [0.15, 0.2) is 0 Å². The van der Waals surface area contributed by atoms with Gasteiger partial charge in [0, 0.05) is 12.0 Å². The van der Waals surface area contributed by atoms with Crippen LogP contribution in [0.5, 0.6) is 5.75 Å². The van der Waals surface area contributed by atoms with E-state index in [9.17, 15) is 4.79 Å². The third-order valence-electron chi connectivity index (χ3n) is 1.83. The standard InChI is InChI=1S/C11H14O3/c1-13-11-6-3-2-5-10(11)9-14-8-4-7-12/h2-3,5-7H,4,8-9H2,1H3. The lowest BCUT2D eigenvalue weighted by molar-refractivity contribution is -0.108. The zero-order chi connectivity index (χ0) is 10.2. The molecule has 1 rings (SSSR count). The summed E-state index contributed by atoms with van der Waals surface area (Å²) < 4.78 is 10.4. The molecule has 1 aromatic rings. The normalized spacial score (nSPS) is 9.79. The van der Waals surface area contributed by atoms with Gasteiger partial charge in [-0.25, -0.2) is 0 Å². The van der Waals surface area contributed by atoms with E-state index in [4.69, 9.17) is 9.47 Å². The van der Waals surface area contributed by atoms with E-state index in [-0.39, 0.29) is 0 Å². The molecule has 0 N–H and O–H groups in total. The van der Waals surface area contributed by atoms with E-state index < -0.39 is 0 Å². The van der Waals surface area contributed by atoms with Crippen LogP contribution >= 0.6 is 0 Å². The molecule has 76 valence electrons. The number of rotatable bonds is 6. The summed E-state index contributed by atoms with van der Waals surface area (Å²) in [6.07, 6.45) is 1.29. The summed E-state index contributed by atoms with van der Waals surface area (Å²) in [7, 11) is 1.63. The first-order valence-corrected chi connectivity index (χ1v) is 4.51. The monoisotopic (exact) mass is 194 g/mol. The highest BCUT2D eigenvalue weighted by molar-refractivity contribution is 5.49. The van der Waals surface area contributed by atoms with Gasteiger partial charge in [0.2, 0.25) is 0 Å². The number of ether oxygens (including phenoxy) is 2. The molecule has 14 heavy (non-hydrogen) atoms. The minimum Gasteiger partial charge on any atom is -0.496 e. The van der Waals surface area contributed by atoms with Gasteiger partial charge in [0.25, 0.3) is 0 Å². The zero-order valence-corrected chi connectivity index (χ0v) is 8.23. The summed E-state index contributed by atoms with van der Waals surface area (Å²) in [5, 5.41) is 0. The first-order valence-electron chi connectivity index (χ1n) is 4.51. The van der Waals surface area contributed by atoms with Crippen LogP contribution in [0.2, 0.25) is 0 Å². The summed E-state index contributed by atoms with van der Waals surface area (Å²) in [5.74, 6) is 0.818. The van der Waals surface area contributed by atoms with Crippen LogP contribution in [-0.4, -0.2) is 20.0 Å². The molecule has 0 saturated carbocycles. The second-order valence-corrected chi connectivity index (χ2v) is 2.82. The molecule has 3 nitrogen and oxygen atoms in total. The molecular formula is C11H14O3. The fraction of sp³-hybridized carbons (Fsp3) is 0.364. The molecule has 0 unspecified atom stereocenters. The van der Waals surface area contributed by atoms with Crippen molar-refractivity contribution in [2.45, 2.75) is 13.0 Å². The first kappa shape index (κ1) is 10.7. The van der Waals surface area contributed by atoms with Crippen LogP contribution in [0.3, 0.4) is 0 Å². The molecule has 0 radical (unpaired) electrons. The Labute approximate surface area is 83.6 Å². The molecule has 0 aliphatic carbocycles. The van der Waals surface area contributed by atoms with Gasteiger partial charge in [-0.05, 0) is 6.07 Å². The average molecular weight is 194 g/mol. The van der Waals surface area contributed by atoms with Gasteiger partial charge in [-0.1, -0.05) is 18.2 Å². The molecule has 3 heteroatoms. The van der Waals surface area contributed by atoms with Gasteiger partial charge < -0.3 is 14.3 Å². The molecule has 0 heterocycles. The highest BCUT2D eigenvalue weighted by atomic mass is 16.5. The van der Waals surface area contributed by atoms with Crippen molar-refractivity contribution in [1.82, 2.24) is 0 Å². The van der Waals surface area contributed by atoms with Crippen LogP contribution < -0.4 is 4.74 Å². The van der Waals surface area contributed by atoms with Crippen LogP contribution in [0.4, 0.5) is 0 Å². The van der Waals surface area contributed by atoms with Gasteiger partial charge in [-0.15, -0.1) is 0 Å². The number of hydrogen-bond acceptors (Lipinski definition) is 3. The first-order chi connectivity index (χ1) is 6.88. The van der Waals surface area contributed by atoms with Gasteiger partial charge >= 0.3 is 0 Å². The van der Waals surface area contributed by atoms with Crippen molar-refractivity contribution >= 4 is 6.29 Å². The molecule has 0 saturated heterocycles. The second-order valence-electron chi connectivity index (χ2n) is 2.82. The number of benzene rings is 1. The van der Waals surface area contributed by atoms with E-state index >= 15 is 0 Å². The number of para-hydroxylation sites is 1. The largest absolute Gasteiger partial charge is 0.496 e. The minimum absolute atomic E-state index is 0.440.